The van der Waals surface area contributed by atoms with E-state index in [1.165, 1.54) is 38.5 Å². The fraction of sp³-hybridized carbons (Fsp3) is 0.850. The third-order valence-corrected chi connectivity index (χ3v) is 21.9. The van der Waals surface area contributed by atoms with E-state index in [1.807, 2.05) is 0 Å². The first-order chi connectivity index (χ1) is 23.5. The second-order valence-electron chi connectivity index (χ2n) is 17.5. The molecule has 49 heavy (non-hydrogen) atoms. The van der Waals surface area contributed by atoms with E-state index in [9.17, 15) is 0 Å². The molecule has 5 saturated heterocycles. The maximum absolute atomic E-state index is 7.35. The molecule has 6 aliphatic rings. The lowest BCUT2D eigenvalue weighted by molar-refractivity contribution is -0.0410. The summed E-state index contributed by atoms with van der Waals surface area (Å²) in [7, 11) is -7.44. The highest BCUT2D eigenvalue weighted by Gasteiger charge is 2.62. The van der Waals surface area contributed by atoms with Gasteiger partial charge in [-0.2, -0.15) is 0 Å². The molecule has 0 radical (unpaired) electrons. The Morgan fingerprint density at radius 2 is 1.06 bits per heavy atom. The molecule has 5 aliphatic heterocycles. The van der Waals surface area contributed by atoms with E-state index < -0.39 is 25.7 Å². The van der Waals surface area contributed by atoms with Gasteiger partial charge in [-0.05, 0) is 144 Å². The average Bonchev–Trinajstić information content (AvgIpc) is 3.73. The summed E-state index contributed by atoms with van der Waals surface area (Å²) >= 11 is 0. The van der Waals surface area contributed by atoms with Crippen LogP contribution in [-0.2, 0) is 26.6 Å². The van der Waals surface area contributed by atoms with Crippen LogP contribution in [0, 0.1) is 35.5 Å². The van der Waals surface area contributed by atoms with Crippen LogP contribution in [0.15, 0.2) is 38.0 Å². The zero-order valence-corrected chi connectivity index (χ0v) is 34.8. The van der Waals surface area contributed by atoms with Crippen LogP contribution < -0.4 is 0 Å². The van der Waals surface area contributed by atoms with Crippen molar-refractivity contribution in [3.05, 3.63) is 38.0 Å². The van der Waals surface area contributed by atoms with Gasteiger partial charge in [0.25, 0.3) is 0 Å². The minimum Gasteiger partial charge on any atom is -0.388 e. The van der Waals surface area contributed by atoms with Gasteiger partial charge in [0.15, 0.2) is 0 Å². The minimum absolute atomic E-state index is 0.0625. The summed E-state index contributed by atoms with van der Waals surface area (Å²) in [5.41, 5.74) is 0. The van der Waals surface area contributed by atoms with E-state index in [0.29, 0.717) is 35.5 Å². The van der Waals surface area contributed by atoms with Gasteiger partial charge in [-0.3, -0.25) is 0 Å². The summed E-state index contributed by atoms with van der Waals surface area (Å²) in [6, 6.07) is 3.05. The molecular weight excluding hydrogens is 661 g/mol. The van der Waals surface area contributed by atoms with Crippen molar-refractivity contribution >= 4 is 25.7 Å². The highest BCUT2D eigenvalue weighted by atomic mass is 28.4. The molecule has 15 atom stereocenters. The summed E-state index contributed by atoms with van der Waals surface area (Å²) in [6.07, 6.45) is 22.4. The van der Waals surface area contributed by atoms with Gasteiger partial charge in [0.2, 0.25) is 0 Å². The first-order valence-corrected chi connectivity index (χ1v) is 28.0. The molecule has 15 unspecified atom stereocenters. The van der Waals surface area contributed by atoms with Crippen molar-refractivity contribution in [1.82, 2.24) is 0 Å². The van der Waals surface area contributed by atoms with E-state index in [0.717, 1.165) is 69.5 Å². The number of rotatable bonds is 7. The first kappa shape index (κ1) is 38.4. The average molecular weight is 731 g/mol. The summed E-state index contributed by atoms with van der Waals surface area (Å²) < 4.78 is 43.5. The van der Waals surface area contributed by atoms with E-state index >= 15 is 0 Å². The molecular formula is C40H70O6Si3. The quantitative estimate of drug-likeness (QED) is 0.192. The fourth-order valence-corrected chi connectivity index (χ4v) is 19.4. The van der Waals surface area contributed by atoms with Crippen LogP contribution in [0.25, 0.3) is 0 Å². The topological polar surface area (TPSA) is 55.4 Å². The summed E-state index contributed by atoms with van der Waals surface area (Å²) in [6.45, 7) is 24.7. The van der Waals surface area contributed by atoms with E-state index in [4.69, 9.17) is 26.6 Å². The molecule has 0 aromatic carbocycles. The standard InChI is InChI=1S/C40H70O6Si3/c1-9-29(10-2)24-33-19-22-48(7)42-36-17-15-14-16-35-37-39-40(38(36)44-48)46-49(8,45-39)23-20-34(28-32(13-5)27-33)26-31(12-4)25-30(11-3)18-21-47(6,41-35)43-37/h9,12-13,29-40H,1,4-5,10-11,14-28H2,2-3,6-8H3. The smallest absolute Gasteiger partial charge is 0.335 e. The first-order valence-electron chi connectivity index (χ1n) is 20.4. The van der Waals surface area contributed by atoms with Gasteiger partial charge >= 0.3 is 25.7 Å². The zero-order valence-electron chi connectivity index (χ0n) is 31.8. The maximum atomic E-state index is 7.35. The third-order valence-electron chi connectivity index (χ3n) is 13.6. The van der Waals surface area contributed by atoms with Crippen molar-refractivity contribution in [2.75, 3.05) is 0 Å². The Hall–Kier alpha value is -0.369. The van der Waals surface area contributed by atoms with Gasteiger partial charge in [0.05, 0.1) is 24.4 Å². The van der Waals surface area contributed by atoms with E-state index in [2.05, 4.69) is 71.5 Å². The summed E-state index contributed by atoms with van der Waals surface area (Å²) in [4.78, 5) is 0. The molecule has 1 saturated carbocycles. The second kappa shape index (κ2) is 16.3. The van der Waals surface area contributed by atoms with Crippen LogP contribution in [-0.4, -0.2) is 62.3 Å². The van der Waals surface area contributed by atoms with Crippen molar-refractivity contribution in [1.29, 1.82) is 0 Å². The van der Waals surface area contributed by atoms with Crippen LogP contribution in [0.1, 0.15) is 104 Å². The molecule has 5 heterocycles. The number of allylic oxidation sites excluding steroid dienone is 3. The van der Waals surface area contributed by atoms with Gasteiger partial charge in [-0.1, -0.05) is 51.3 Å². The van der Waals surface area contributed by atoms with Gasteiger partial charge in [0.1, 0.15) is 12.2 Å². The number of hydrogen-bond acceptors (Lipinski definition) is 6. The second-order valence-corrected chi connectivity index (χ2v) is 27.2. The van der Waals surface area contributed by atoms with Crippen molar-refractivity contribution < 1.29 is 26.6 Å². The SMILES string of the molecule is C=CC(CC)CC1CC[Si]2(C)OC3CCCCC4O[Si]5(C)CCC(CC)CC(C=C)CC(CC[Si]6(C)OC(C4O5)C(O6)C3O2)CC(C=C)C1. The molecule has 0 aromatic rings. The van der Waals surface area contributed by atoms with Crippen molar-refractivity contribution in [3.8, 4) is 0 Å². The third kappa shape index (κ3) is 9.06. The predicted molar refractivity (Wildman–Crippen MR) is 206 cm³/mol. The number of fused-ring (bicyclic) bond motifs is 4. The Balaban J connectivity index is 1.41. The predicted octanol–water partition coefficient (Wildman–Crippen LogP) is 10.4. The lowest BCUT2D eigenvalue weighted by Crippen LogP contribution is -2.50. The van der Waals surface area contributed by atoms with Crippen molar-refractivity contribution in [3.63, 3.8) is 0 Å². The minimum atomic E-state index is -2.57. The maximum Gasteiger partial charge on any atom is 0.335 e. The van der Waals surface area contributed by atoms with Crippen LogP contribution in [0.4, 0.5) is 0 Å². The van der Waals surface area contributed by atoms with Crippen molar-refractivity contribution in [2.45, 2.75) is 178 Å². The van der Waals surface area contributed by atoms with Gasteiger partial charge in [0, 0.05) is 0 Å². The Kier molecular flexibility index (Phi) is 12.8. The molecule has 6 nitrogen and oxygen atoms in total. The van der Waals surface area contributed by atoms with E-state index in [-0.39, 0.29) is 36.6 Å². The largest absolute Gasteiger partial charge is 0.388 e. The molecule has 8 bridgehead atoms. The van der Waals surface area contributed by atoms with Crippen LogP contribution in [0.3, 0.4) is 0 Å². The van der Waals surface area contributed by atoms with Crippen LogP contribution in [0.5, 0.6) is 0 Å². The normalized spacial score (nSPS) is 48.6. The summed E-state index contributed by atoms with van der Waals surface area (Å²) in [5.74, 6) is 3.39. The van der Waals surface area contributed by atoms with Crippen LogP contribution in [0.2, 0.25) is 37.8 Å². The van der Waals surface area contributed by atoms with Crippen molar-refractivity contribution in [2.24, 2.45) is 35.5 Å². The molecule has 1 aliphatic carbocycles. The molecule has 6 rings (SSSR count). The lowest BCUT2D eigenvalue weighted by atomic mass is 9.77. The number of hydrogen-bond donors (Lipinski definition) is 0. The van der Waals surface area contributed by atoms with Gasteiger partial charge in [-0.25, -0.2) is 0 Å². The zero-order chi connectivity index (χ0) is 34.8. The molecule has 6 fully saturated rings. The molecule has 0 aromatic heterocycles. The highest BCUT2D eigenvalue weighted by Crippen LogP contribution is 2.48. The fourth-order valence-electron chi connectivity index (χ4n) is 10.6. The Bertz CT molecular complexity index is 1140. The Labute approximate surface area is 302 Å². The molecule has 0 amide bonds. The van der Waals surface area contributed by atoms with E-state index in [1.54, 1.807) is 0 Å². The van der Waals surface area contributed by atoms with Gasteiger partial charge < -0.3 is 26.6 Å². The summed E-state index contributed by atoms with van der Waals surface area (Å²) in [5, 5.41) is 0. The molecule has 9 heteroatoms. The Morgan fingerprint density at radius 3 is 1.55 bits per heavy atom. The monoisotopic (exact) mass is 730 g/mol. The van der Waals surface area contributed by atoms with Gasteiger partial charge in [-0.15, -0.1) is 19.7 Å². The molecule has 0 N–H and O–H groups in total. The molecule has 0 spiro atoms. The Morgan fingerprint density at radius 1 is 0.592 bits per heavy atom. The lowest BCUT2D eigenvalue weighted by Gasteiger charge is -2.33. The van der Waals surface area contributed by atoms with Crippen LogP contribution >= 0.6 is 0 Å². The highest BCUT2D eigenvalue weighted by molar-refractivity contribution is 6.68. The molecule has 278 valence electrons.